The van der Waals surface area contributed by atoms with Gasteiger partial charge in [0.25, 0.3) is 0 Å². The Morgan fingerprint density at radius 1 is 0.947 bits per heavy atom. The zero-order valence-corrected chi connectivity index (χ0v) is 11.1. The minimum absolute atomic E-state index is 0.457. The highest BCUT2D eigenvalue weighted by Crippen LogP contribution is 2.18. The van der Waals surface area contributed by atoms with Crippen LogP contribution in [0.3, 0.4) is 0 Å². The highest BCUT2D eigenvalue weighted by atomic mass is 15.2. The number of rotatable bonds is 3. The quantitative estimate of drug-likeness (QED) is 0.903. The molecule has 19 heavy (non-hydrogen) atoms. The van der Waals surface area contributed by atoms with Gasteiger partial charge in [-0.2, -0.15) is 0 Å². The van der Waals surface area contributed by atoms with E-state index in [1.54, 1.807) is 0 Å². The summed E-state index contributed by atoms with van der Waals surface area (Å²) in [5.74, 6) is 0. The molecule has 3 rings (SSSR count). The third kappa shape index (κ3) is 3.22. The molecule has 2 nitrogen and oxygen atoms in total. The Kier molecular flexibility index (Phi) is 3.92. The van der Waals surface area contributed by atoms with Crippen molar-refractivity contribution in [2.45, 2.75) is 12.6 Å². The van der Waals surface area contributed by atoms with Crippen molar-refractivity contribution in [3.63, 3.8) is 0 Å². The van der Waals surface area contributed by atoms with Gasteiger partial charge in [0, 0.05) is 32.2 Å². The molecule has 0 aliphatic carbocycles. The molecule has 2 aromatic carbocycles. The van der Waals surface area contributed by atoms with Crippen molar-refractivity contribution in [2.75, 3.05) is 19.6 Å². The molecule has 0 amide bonds. The topological polar surface area (TPSA) is 15.3 Å². The molecule has 0 radical (unpaired) electrons. The second-order valence-corrected chi connectivity index (χ2v) is 5.14. The molecule has 1 heterocycles. The van der Waals surface area contributed by atoms with Crippen LogP contribution < -0.4 is 5.32 Å². The number of hydrogen-bond donors (Lipinski definition) is 1. The lowest BCUT2D eigenvalue weighted by atomic mass is 10.0. The number of nitrogens with one attached hydrogen (secondary N) is 1. The van der Waals surface area contributed by atoms with E-state index >= 15 is 0 Å². The fraction of sp³-hybridized carbons (Fsp3) is 0.294. The van der Waals surface area contributed by atoms with E-state index in [9.17, 15) is 0 Å². The highest BCUT2D eigenvalue weighted by Gasteiger charge is 2.20. The lowest BCUT2D eigenvalue weighted by Gasteiger charge is -2.34. The maximum Gasteiger partial charge on any atom is 0.0449 e. The molecule has 1 aliphatic rings. The number of benzene rings is 2. The predicted molar refractivity (Wildman–Crippen MR) is 78.9 cm³/mol. The van der Waals surface area contributed by atoms with Crippen LogP contribution in [0.2, 0.25) is 0 Å². The summed E-state index contributed by atoms with van der Waals surface area (Å²) in [6, 6.07) is 21.9. The van der Waals surface area contributed by atoms with Gasteiger partial charge in [0.1, 0.15) is 0 Å². The van der Waals surface area contributed by atoms with Crippen molar-refractivity contribution < 1.29 is 0 Å². The molecule has 2 aromatic rings. The summed E-state index contributed by atoms with van der Waals surface area (Å²) in [5.41, 5.74) is 2.79. The van der Waals surface area contributed by atoms with E-state index in [1.165, 1.54) is 11.1 Å². The number of nitrogens with zero attached hydrogens (tertiary/aromatic N) is 1. The fourth-order valence-corrected chi connectivity index (χ4v) is 2.70. The van der Waals surface area contributed by atoms with Gasteiger partial charge in [0.2, 0.25) is 0 Å². The van der Waals surface area contributed by atoms with Gasteiger partial charge in [-0.3, -0.25) is 4.90 Å². The molecule has 0 spiro atoms. The normalized spacial score (nSPS) is 20.3. The second-order valence-electron chi connectivity index (χ2n) is 5.14. The molecular weight excluding hydrogens is 232 g/mol. The van der Waals surface area contributed by atoms with E-state index in [0.29, 0.717) is 6.04 Å². The van der Waals surface area contributed by atoms with E-state index in [2.05, 4.69) is 70.9 Å². The fourth-order valence-electron chi connectivity index (χ4n) is 2.70. The maximum atomic E-state index is 3.61. The van der Waals surface area contributed by atoms with Crippen molar-refractivity contribution in [3.05, 3.63) is 71.8 Å². The molecule has 1 N–H and O–H groups in total. The van der Waals surface area contributed by atoms with Gasteiger partial charge in [-0.25, -0.2) is 0 Å². The summed E-state index contributed by atoms with van der Waals surface area (Å²) >= 11 is 0. The molecule has 0 aromatic heterocycles. The van der Waals surface area contributed by atoms with Gasteiger partial charge in [0.05, 0.1) is 0 Å². The van der Waals surface area contributed by atoms with Gasteiger partial charge in [-0.15, -0.1) is 0 Å². The van der Waals surface area contributed by atoms with Crippen molar-refractivity contribution in [3.8, 4) is 0 Å². The van der Waals surface area contributed by atoms with Gasteiger partial charge < -0.3 is 5.32 Å². The van der Waals surface area contributed by atoms with Crippen LogP contribution in [0.5, 0.6) is 0 Å². The molecule has 2 heteroatoms. The zero-order chi connectivity index (χ0) is 12.9. The van der Waals surface area contributed by atoms with E-state index in [0.717, 1.165) is 26.2 Å². The molecule has 1 atom stereocenters. The van der Waals surface area contributed by atoms with E-state index in [4.69, 9.17) is 0 Å². The van der Waals surface area contributed by atoms with Crippen LogP contribution in [0.25, 0.3) is 0 Å². The number of piperazine rings is 1. The third-order valence-corrected chi connectivity index (χ3v) is 3.71. The standard InChI is InChI=1S/C17H20N2/c1-3-7-15(8-4-1)13-19-12-11-18-17(14-19)16-9-5-2-6-10-16/h1-10,17-18H,11-14H2. The maximum absolute atomic E-state index is 3.61. The van der Waals surface area contributed by atoms with Crippen LogP contribution in [-0.4, -0.2) is 24.5 Å². The van der Waals surface area contributed by atoms with Gasteiger partial charge >= 0.3 is 0 Å². The molecule has 1 unspecified atom stereocenters. The lowest BCUT2D eigenvalue weighted by Crippen LogP contribution is -2.45. The average molecular weight is 252 g/mol. The van der Waals surface area contributed by atoms with Crippen LogP contribution in [0.1, 0.15) is 17.2 Å². The zero-order valence-electron chi connectivity index (χ0n) is 11.1. The first-order valence-corrected chi connectivity index (χ1v) is 6.96. The largest absolute Gasteiger partial charge is 0.308 e. The van der Waals surface area contributed by atoms with Crippen molar-refractivity contribution in [1.29, 1.82) is 0 Å². The minimum atomic E-state index is 0.457. The van der Waals surface area contributed by atoms with Gasteiger partial charge in [0.15, 0.2) is 0 Å². The second kappa shape index (κ2) is 6.00. The first kappa shape index (κ1) is 12.4. The Morgan fingerprint density at radius 3 is 2.37 bits per heavy atom. The average Bonchev–Trinajstić information content (AvgIpc) is 2.49. The van der Waals surface area contributed by atoms with Crippen LogP contribution in [0, 0.1) is 0 Å². The smallest absolute Gasteiger partial charge is 0.0449 e. The van der Waals surface area contributed by atoms with E-state index in [1.807, 2.05) is 0 Å². The Balaban J connectivity index is 1.65. The highest BCUT2D eigenvalue weighted by molar-refractivity contribution is 5.20. The van der Waals surface area contributed by atoms with Crippen LogP contribution >= 0.6 is 0 Å². The van der Waals surface area contributed by atoms with Gasteiger partial charge in [-0.1, -0.05) is 60.7 Å². The van der Waals surface area contributed by atoms with E-state index in [-0.39, 0.29) is 0 Å². The molecule has 1 saturated heterocycles. The predicted octanol–water partition coefficient (Wildman–Crippen LogP) is 2.83. The molecule has 0 saturated carbocycles. The Labute approximate surface area is 115 Å². The third-order valence-electron chi connectivity index (χ3n) is 3.71. The first-order chi connectivity index (χ1) is 9.42. The summed E-state index contributed by atoms with van der Waals surface area (Å²) in [5, 5.41) is 3.61. The molecule has 0 bridgehead atoms. The summed E-state index contributed by atoms with van der Waals surface area (Å²) in [7, 11) is 0. The summed E-state index contributed by atoms with van der Waals surface area (Å²) in [4.78, 5) is 2.53. The lowest BCUT2D eigenvalue weighted by molar-refractivity contribution is 0.193. The minimum Gasteiger partial charge on any atom is -0.308 e. The molecular formula is C17H20N2. The summed E-state index contributed by atoms with van der Waals surface area (Å²) < 4.78 is 0. The van der Waals surface area contributed by atoms with Crippen LogP contribution in [0.4, 0.5) is 0 Å². The SMILES string of the molecule is c1ccc(CN2CCNC(c3ccccc3)C2)cc1. The number of hydrogen-bond acceptors (Lipinski definition) is 2. The Morgan fingerprint density at radius 2 is 1.63 bits per heavy atom. The summed E-state index contributed by atoms with van der Waals surface area (Å²) in [6.07, 6.45) is 0. The van der Waals surface area contributed by atoms with Crippen molar-refractivity contribution >= 4 is 0 Å². The van der Waals surface area contributed by atoms with Gasteiger partial charge in [-0.05, 0) is 11.1 Å². The molecule has 1 fully saturated rings. The van der Waals surface area contributed by atoms with Crippen molar-refractivity contribution in [1.82, 2.24) is 10.2 Å². The van der Waals surface area contributed by atoms with Crippen LogP contribution in [0.15, 0.2) is 60.7 Å². The molecule has 98 valence electrons. The Bertz CT molecular complexity index is 495. The molecule has 1 aliphatic heterocycles. The van der Waals surface area contributed by atoms with Crippen LogP contribution in [-0.2, 0) is 6.54 Å². The van der Waals surface area contributed by atoms with E-state index < -0.39 is 0 Å². The van der Waals surface area contributed by atoms with Crippen molar-refractivity contribution in [2.24, 2.45) is 0 Å². The summed E-state index contributed by atoms with van der Waals surface area (Å²) in [6.45, 7) is 4.31. The monoisotopic (exact) mass is 252 g/mol. The first-order valence-electron chi connectivity index (χ1n) is 6.96. The Hall–Kier alpha value is -1.64.